The highest BCUT2D eigenvalue weighted by atomic mass is 16.5. The number of amides is 1. The maximum absolute atomic E-state index is 12.9. The largest absolute Gasteiger partial charge is 0.494 e. The molecule has 1 fully saturated rings. The predicted octanol–water partition coefficient (Wildman–Crippen LogP) is 4.30. The van der Waals surface area contributed by atoms with Crippen LogP contribution in [0.4, 0.5) is 5.69 Å². The quantitative estimate of drug-likeness (QED) is 0.329. The summed E-state index contributed by atoms with van der Waals surface area (Å²) in [5.41, 5.74) is 6.46. The van der Waals surface area contributed by atoms with Crippen LogP contribution in [0.3, 0.4) is 0 Å². The van der Waals surface area contributed by atoms with E-state index in [0.717, 1.165) is 83.2 Å². The summed E-state index contributed by atoms with van der Waals surface area (Å²) in [4.78, 5) is 29.4. The zero-order valence-electron chi connectivity index (χ0n) is 24.9. The minimum Gasteiger partial charge on any atom is -0.494 e. The van der Waals surface area contributed by atoms with Crippen LogP contribution in [0.1, 0.15) is 10.4 Å². The Morgan fingerprint density at radius 2 is 1.56 bits per heavy atom. The van der Waals surface area contributed by atoms with Crippen molar-refractivity contribution in [1.29, 1.82) is 0 Å². The first-order chi connectivity index (χ1) is 19.8. The molecular formula is C32H40N6O3. The number of aromatic amines is 1. The molecule has 5 rings (SSSR count). The number of carbonyl (C=O) groups excluding carboxylic acids is 1. The van der Waals surface area contributed by atoms with E-state index in [1.165, 1.54) is 0 Å². The second-order valence-corrected chi connectivity index (χ2v) is 10.9. The minimum atomic E-state index is 0.0178. The van der Waals surface area contributed by atoms with Gasteiger partial charge in [0.15, 0.2) is 0 Å². The van der Waals surface area contributed by atoms with Crippen LogP contribution in [-0.2, 0) is 0 Å². The van der Waals surface area contributed by atoms with Gasteiger partial charge in [-0.05, 0) is 62.6 Å². The number of ether oxygens (including phenoxy) is 2. The third-order valence-corrected chi connectivity index (χ3v) is 7.84. The summed E-state index contributed by atoms with van der Waals surface area (Å²) in [5.74, 6) is 1.59. The van der Waals surface area contributed by atoms with Crippen LogP contribution >= 0.6 is 0 Å². The molecule has 2 aromatic carbocycles. The van der Waals surface area contributed by atoms with Crippen molar-refractivity contribution in [2.24, 2.45) is 0 Å². The Morgan fingerprint density at radius 3 is 2.17 bits per heavy atom. The van der Waals surface area contributed by atoms with E-state index in [4.69, 9.17) is 14.5 Å². The van der Waals surface area contributed by atoms with Crippen LogP contribution in [0.25, 0.3) is 33.3 Å². The maximum atomic E-state index is 12.9. The molecule has 0 aliphatic carbocycles. The van der Waals surface area contributed by atoms with Gasteiger partial charge in [-0.2, -0.15) is 0 Å². The Kier molecular flexibility index (Phi) is 8.46. The number of likely N-dealkylation sites (N-methyl/N-ethyl adjacent to an activating group) is 3. The van der Waals surface area contributed by atoms with E-state index < -0.39 is 0 Å². The topological polar surface area (TPSA) is 77.2 Å². The van der Waals surface area contributed by atoms with Gasteiger partial charge in [0.2, 0.25) is 0 Å². The Hall–Kier alpha value is -4.08. The number of hydrogen-bond donors (Lipinski definition) is 1. The molecule has 1 saturated heterocycles. The molecule has 1 amide bonds. The van der Waals surface area contributed by atoms with E-state index in [0.29, 0.717) is 12.1 Å². The number of pyridine rings is 1. The van der Waals surface area contributed by atoms with Crippen molar-refractivity contribution in [2.75, 3.05) is 86.6 Å². The molecule has 4 aromatic rings. The standard InChI is InChI=1S/C32H40N6O3/c1-35(2)11-14-37(4)32(39)23-9-7-22(8-10-23)27-21-34-31-26(27)17-25(20-33-31)24-18-28(40-5)30(29(19-24)41-6)38-15-12-36(3)13-16-38/h7-10,17-21H,11-16H2,1-6H3,(H,33,34). The summed E-state index contributed by atoms with van der Waals surface area (Å²) >= 11 is 0. The molecule has 1 N–H and O–H groups in total. The molecule has 216 valence electrons. The van der Waals surface area contributed by atoms with Crippen LogP contribution in [0.5, 0.6) is 11.5 Å². The average Bonchev–Trinajstić information content (AvgIpc) is 3.42. The van der Waals surface area contributed by atoms with E-state index >= 15 is 0 Å². The zero-order valence-corrected chi connectivity index (χ0v) is 24.9. The van der Waals surface area contributed by atoms with Crippen molar-refractivity contribution >= 4 is 22.6 Å². The van der Waals surface area contributed by atoms with E-state index in [2.05, 4.69) is 44.9 Å². The van der Waals surface area contributed by atoms with Crippen molar-refractivity contribution in [3.05, 3.63) is 60.4 Å². The monoisotopic (exact) mass is 556 g/mol. The van der Waals surface area contributed by atoms with Crippen LogP contribution in [0.15, 0.2) is 54.9 Å². The Balaban J connectivity index is 1.45. The number of nitrogens with one attached hydrogen (secondary N) is 1. The normalized spacial score (nSPS) is 14.1. The van der Waals surface area contributed by atoms with E-state index in [1.807, 2.05) is 57.8 Å². The van der Waals surface area contributed by atoms with Gasteiger partial charge in [0.05, 0.1) is 14.2 Å². The maximum Gasteiger partial charge on any atom is 0.253 e. The van der Waals surface area contributed by atoms with E-state index in [9.17, 15) is 4.79 Å². The van der Waals surface area contributed by atoms with E-state index in [1.54, 1.807) is 19.1 Å². The number of benzene rings is 2. The lowest BCUT2D eigenvalue weighted by Crippen LogP contribution is -2.44. The molecule has 0 saturated carbocycles. The highest BCUT2D eigenvalue weighted by Crippen LogP contribution is 2.43. The molecule has 0 spiro atoms. The second-order valence-electron chi connectivity index (χ2n) is 10.9. The van der Waals surface area contributed by atoms with Gasteiger partial charge < -0.3 is 34.1 Å². The highest BCUT2D eigenvalue weighted by Gasteiger charge is 2.23. The predicted molar refractivity (Wildman–Crippen MR) is 165 cm³/mol. The molecule has 0 unspecified atom stereocenters. The van der Waals surface area contributed by atoms with Gasteiger partial charge in [0, 0.05) is 80.8 Å². The second kappa shape index (κ2) is 12.2. The summed E-state index contributed by atoms with van der Waals surface area (Å²) in [5, 5.41) is 1.01. The van der Waals surface area contributed by atoms with Crippen LogP contribution < -0.4 is 14.4 Å². The van der Waals surface area contributed by atoms with Gasteiger partial charge >= 0.3 is 0 Å². The van der Waals surface area contributed by atoms with Gasteiger partial charge in [0.25, 0.3) is 5.91 Å². The van der Waals surface area contributed by atoms with Crippen molar-refractivity contribution < 1.29 is 14.3 Å². The van der Waals surface area contributed by atoms with Gasteiger partial charge in [-0.25, -0.2) is 4.98 Å². The van der Waals surface area contributed by atoms with Crippen LogP contribution in [-0.4, -0.2) is 112 Å². The number of aromatic nitrogens is 2. The minimum absolute atomic E-state index is 0.0178. The molecule has 3 heterocycles. The number of nitrogens with zero attached hydrogens (tertiary/aromatic N) is 5. The lowest BCUT2D eigenvalue weighted by Gasteiger charge is -2.35. The molecule has 1 aliphatic rings. The first-order valence-electron chi connectivity index (χ1n) is 14.0. The summed E-state index contributed by atoms with van der Waals surface area (Å²) in [7, 11) is 11.4. The van der Waals surface area contributed by atoms with Crippen LogP contribution in [0.2, 0.25) is 0 Å². The Bertz CT molecular complexity index is 1480. The Labute approximate surface area is 242 Å². The molecule has 0 atom stereocenters. The first-order valence-corrected chi connectivity index (χ1v) is 14.0. The van der Waals surface area contributed by atoms with Crippen molar-refractivity contribution in [3.63, 3.8) is 0 Å². The molecule has 1 aliphatic heterocycles. The smallest absolute Gasteiger partial charge is 0.253 e. The first kappa shape index (κ1) is 28.4. The third kappa shape index (κ3) is 6.01. The number of rotatable bonds is 9. The van der Waals surface area contributed by atoms with Crippen LogP contribution in [0, 0.1) is 0 Å². The van der Waals surface area contributed by atoms with Crippen molar-refractivity contribution in [2.45, 2.75) is 0 Å². The zero-order chi connectivity index (χ0) is 29.1. The number of piperazine rings is 1. The molecule has 2 aromatic heterocycles. The summed E-state index contributed by atoms with van der Waals surface area (Å²) in [6.07, 6.45) is 3.84. The number of carbonyl (C=O) groups is 1. The summed E-state index contributed by atoms with van der Waals surface area (Å²) in [6, 6.07) is 14.1. The lowest BCUT2D eigenvalue weighted by atomic mass is 10.0. The number of methoxy groups -OCH3 is 2. The molecule has 0 radical (unpaired) electrons. The number of fused-ring (bicyclic) bond motifs is 1. The average molecular weight is 557 g/mol. The van der Waals surface area contributed by atoms with E-state index in [-0.39, 0.29) is 5.91 Å². The van der Waals surface area contributed by atoms with Crippen molar-refractivity contribution in [3.8, 4) is 33.8 Å². The number of hydrogen-bond acceptors (Lipinski definition) is 7. The van der Waals surface area contributed by atoms with Gasteiger partial charge in [-0.1, -0.05) is 12.1 Å². The van der Waals surface area contributed by atoms with Gasteiger partial charge in [-0.3, -0.25) is 4.79 Å². The fourth-order valence-electron chi connectivity index (χ4n) is 5.27. The molecule has 41 heavy (non-hydrogen) atoms. The summed E-state index contributed by atoms with van der Waals surface area (Å²) < 4.78 is 11.7. The highest BCUT2D eigenvalue weighted by molar-refractivity contribution is 5.98. The van der Waals surface area contributed by atoms with Gasteiger partial charge in [-0.15, -0.1) is 0 Å². The van der Waals surface area contributed by atoms with Gasteiger partial charge in [0.1, 0.15) is 22.8 Å². The lowest BCUT2D eigenvalue weighted by molar-refractivity contribution is 0.0786. The number of anilines is 1. The SMILES string of the molecule is COc1cc(-c2cnc3[nH]cc(-c4ccc(C(=O)N(C)CCN(C)C)cc4)c3c2)cc(OC)c1N1CCN(C)CC1. The number of H-pyrrole nitrogens is 1. The molecule has 0 bridgehead atoms. The fourth-order valence-corrected chi connectivity index (χ4v) is 5.27. The summed E-state index contributed by atoms with van der Waals surface area (Å²) in [6.45, 7) is 5.32. The molecular weight excluding hydrogens is 516 g/mol. The molecule has 9 heteroatoms. The fraction of sp³-hybridized carbons (Fsp3) is 0.375. The third-order valence-electron chi connectivity index (χ3n) is 7.84. The van der Waals surface area contributed by atoms with Crippen molar-refractivity contribution in [1.82, 2.24) is 24.7 Å². The Morgan fingerprint density at radius 1 is 0.902 bits per heavy atom. The molecule has 9 nitrogen and oxygen atoms in total.